The summed E-state index contributed by atoms with van der Waals surface area (Å²) in [6.07, 6.45) is 30.7. The molecule has 0 saturated heterocycles. The first-order chi connectivity index (χ1) is 16.6. The average molecular weight is 481 g/mol. The summed E-state index contributed by atoms with van der Waals surface area (Å²) in [4.78, 5) is 23.0. The first kappa shape index (κ1) is 32.7. The van der Waals surface area contributed by atoms with Crippen LogP contribution in [-0.2, 0) is 14.3 Å². The molecule has 0 aliphatic rings. The van der Waals surface area contributed by atoms with E-state index in [9.17, 15) is 9.59 Å². The molecule has 0 saturated carbocycles. The Kier molecular flexibility index (Phi) is 25.3. The van der Waals surface area contributed by atoms with Crippen LogP contribution in [0.5, 0.6) is 0 Å². The second-order valence-corrected chi connectivity index (χ2v) is 9.96. The van der Waals surface area contributed by atoms with Crippen molar-refractivity contribution in [2.24, 2.45) is 5.92 Å². The van der Waals surface area contributed by atoms with Gasteiger partial charge in [0.2, 0.25) is 0 Å². The van der Waals surface area contributed by atoms with Crippen LogP contribution in [0.3, 0.4) is 0 Å². The maximum absolute atomic E-state index is 12.0. The maximum atomic E-state index is 12.0. The lowest BCUT2D eigenvalue weighted by molar-refractivity contribution is -0.153. The van der Waals surface area contributed by atoms with Crippen molar-refractivity contribution in [2.45, 2.75) is 155 Å². The van der Waals surface area contributed by atoms with Crippen LogP contribution in [0.1, 0.15) is 155 Å². The molecular formula is C30H56O4. The van der Waals surface area contributed by atoms with Gasteiger partial charge < -0.3 is 9.84 Å². The molecule has 0 aromatic carbocycles. The van der Waals surface area contributed by atoms with Gasteiger partial charge in [0.25, 0.3) is 0 Å². The van der Waals surface area contributed by atoms with Gasteiger partial charge in [-0.25, -0.2) is 0 Å². The highest BCUT2D eigenvalue weighted by molar-refractivity contribution is 5.79. The van der Waals surface area contributed by atoms with Crippen LogP contribution in [0.25, 0.3) is 0 Å². The van der Waals surface area contributed by atoms with E-state index < -0.39 is 11.9 Å². The van der Waals surface area contributed by atoms with Crippen molar-refractivity contribution in [1.82, 2.24) is 0 Å². The Morgan fingerprint density at radius 3 is 1.53 bits per heavy atom. The van der Waals surface area contributed by atoms with Crippen LogP contribution >= 0.6 is 0 Å². The van der Waals surface area contributed by atoms with Gasteiger partial charge in [-0.15, -0.1) is 0 Å². The maximum Gasteiger partial charge on any atom is 0.309 e. The fourth-order valence-electron chi connectivity index (χ4n) is 4.36. The number of esters is 1. The molecule has 4 nitrogen and oxygen atoms in total. The monoisotopic (exact) mass is 480 g/mol. The van der Waals surface area contributed by atoms with Crippen molar-refractivity contribution in [3.05, 3.63) is 12.2 Å². The van der Waals surface area contributed by atoms with E-state index in [1.807, 2.05) is 6.92 Å². The van der Waals surface area contributed by atoms with Gasteiger partial charge >= 0.3 is 11.9 Å². The van der Waals surface area contributed by atoms with Gasteiger partial charge in [0, 0.05) is 0 Å². The zero-order valence-electron chi connectivity index (χ0n) is 22.7. The lowest BCUT2D eigenvalue weighted by Gasteiger charge is -2.13. The van der Waals surface area contributed by atoms with Crippen LogP contribution in [-0.4, -0.2) is 23.7 Å². The zero-order valence-corrected chi connectivity index (χ0v) is 22.7. The summed E-state index contributed by atoms with van der Waals surface area (Å²) in [6, 6.07) is 0. The Labute approximate surface area is 211 Å². The molecule has 0 fully saturated rings. The fourth-order valence-corrected chi connectivity index (χ4v) is 4.36. The van der Waals surface area contributed by atoms with Gasteiger partial charge in [-0.2, -0.15) is 0 Å². The third-order valence-corrected chi connectivity index (χ3v) is 6.52. The smallest absolute Gasteiger partial charge is 0.309 e. The third-order valence-electron chi connectivity index (χ3n) is 6.52. The molecule has 1 N–H and O–H groups in total. The van der Waals surface area contributed by atoms with Crippen LogP contribution in [0.15, 0.2) is 12.2 Å². The van der Waals surface area contributed by atoms with Crippen molar-refractivity contribution in [2.75, 3.05) is 6.61 Å². The number of hydrogen-bond acceptors (Lipinski definition) is 3. The molecule has 0 spiro atoms. The quantitative estimate of drug-likeness (QED) is 0.0760. The first-order valence-electron chi connectivity index (χ1n) is 14.6. The number of carbonyl (C=O) groups is 2. The highest BCUT2D eigenvalue weighted by Gasteiger charge is 2.22. The van der Waals surface area contributed by atoms with E-state index in [0.29, 0.717) is 13.0 Å². The SMILES string of the molecule is CCCCC/C=C/CCCCCCCCCCCCCCCCC(CC(=O)O)C(=O)OCCC. The number of aliphatic carboxylic acids is 1. The Bertz CT molecular complexity index is 486. The van der Waals surface area contributed by atoms with Crippen LogP contribution in [0.2, 0.25) is 0 Å². The largest absolute Gasteiger partial charge is 0.481 e. The Balaban J connectivity index is 3.41. The van der Waals surface area contributed by atoms with E-state index in [1.54, 1.807) is 0 Å². The minimum absolute atomic E-state index is 0.112. The lowest BCUT2D eigenvalue weighted by atomic mass is 9.97. The molecule has 4 heteroatoms. The van der Waals surface area contributed by atoms with E-state index in [2.05, 4.69) is 19.1 Å². The predicted molar refractivity (Wildman–Crippen MR) is 144 cm³/mol. The van der Waals surface area contributed by atoms with Gasteiger partial charge in [0.15, 0.2) is 0 Å². The highest BCUT2D eigenvalue weighted by Crippen LogP contribution is 2.18. The second kappa shape index (κ2) is 26.3. The molecule has 0 aliphatic heterocycles. The normalized spacial score (nSPS) is 12.3. The van der Waals surface area contributed by atoms with Crippen LogP contribution < -0.4 is 0 Å². The highest BCUT2D eigenvalue weighted by atomic mass is 16.5. The Hall–Kier alpha value is -1.32. The van der Waals surface area contributed by atoms with E-state index in [0.717, 1.165) is 19.3 Å². The summed E-state index contributed by atoms with van der Waals surface area (Å²) in [6.45, 7) is 4.58. The standard InChI is InChI=1S/C30H56O4/c1-3-5-6-7-8-9-10-11-12-13-14-15-16-17-18-19-20-21-22-23-24-25-28(27-29(31)32)30(33)34-26-4-2/h8-9,28H,3-7,10-27H2,1-2H3,(H,31,32)/b9-8+. The zero-order chi connectivity index (χ0) is 25.1. The summed E-state index contributed by atoms with van der Waals surface area (Å²) in [7, 11) is 0. The molecule has 0 aromatic heterocycles. The number of rotatable bonds is 26. The van der Waals surface area contributed by atoms with Crippen molar-refractivity contribution >= 4 is 11.9 Å². The number of unbranched alkanes of at least 4 members (excludes halogenated alkanes) is 17. The average Bonchev–Trinajstić information content (AvgIpc) is 2.82. The third kappa shape index (κ3) is 23.8. The number of carbonyl (C=O) groups excluding carboxylic acids is 1. The molecule has 0 radical (unpaired) electrons. The number of ether oxygens (including phenoxy) is 1. The van der Waals surface area contributed by atoms with E-state index >= 15 is 0 Å². The Morgan fingerprint density at radius 2 is 1.09 bits per heavy atom. The number of carboxylic acids is 1. The molecule has 200 valence electrons. The van der Waals surface area contributed by atoms with Crippen molar-refractivity contribution in [1.29, 1.82) is 0 Å². The first-order valence-corrected chi connectivity index (χ1v) is 14.6. The minimum atomic E-state index is -0.917. The van der Waals surface area contributed by atoms with Gasteiger partial charge in [-0.05, 0) is 38.5 Å². The molecule has 0 aromatic rings. The van der Waals surface area contributed by atoms with Gasteiger partial charge in [0.1, 0.15) is 0 Å². The molecular weight excluding hydrogens is 424 g/mol. The second-order valence-electron chi connectivity index (χ2n) is 9.96. The molecule has 0 bridgehead atoms. The van der Waals surface area contributed by atoms with Gasteiger partial charge in [-0.3, -0.25) is 9.59 Å². The summed E-state index contributed by atoms with van der Waals surface area (Å²) < 4.78 is 5.15. The lowest BCUT2D eigenvalue weighted by Crippen LogP contribution is -2.21. The molecule has 34 heavy (non-hydrogen) atoms. The Morgan fingerprint density at radius 1 is 0.647 bits per heavy atom. The molecule has 0 heterocycles. The number of hydrogen-bond donors (Lipinski definition) is 1. The summed E-state index contributed by atoms with van der Waals surface area (Å²) in [5.74, 6) is -1.74. The molecule has 0 rings (SSSR count). The molecule has 1 unspecified atom stereocenters. The minimum Gasteiger partial charge on any atom is -0.481 e. The molecule has 0 aliphatic carbocycles. The van der Waals surface area contributed by atoms with E-state index in [1.165, 1.54) is 109 Å². The van der Waals surface area contributed by atoms with Crippen molar-refractivity contribution in [3.8, 4) is 0 Å². The van der Waals surface area contributed by atoms with Crippen molar-refractivity contribution < 1.29 is 19.4 Å². The van der Waals surface area contributed by atoms with Gasteiger partial charge in [-0.1, -0.05) is 122 Å². The predicted octanol–water partition coefficient (Wildman–Crippen LogP) is 9.41. The van der Waals surface area contributed by atoms with E-state index in [-0.39, 0.29) is 12.4 Å². The summed E-state index contributed by atoms with van der Waals surface area (Å²) >= 11 is 0. The number of carboxylic acid groups (broad SMARTS) is 1. The number of allylic oxidation sites excluding steroid dienone is 2. The fraction of sp³-hybridized carbons (Fsp3) is 0.867. The summed E-state index contributed by atoms with van der Waals surface area (Å²) in [5, 5.41) is 9.02. The van der Waals surface area contributed by atoms with E-state index in [4.69, 9.17) is 9.84 Å². The molecule has 1 atom stereocenters. The molecule has 0 amide bonds. The van der Waals surface area contributed by atoms with Crippen LogP contribution in [0.4, 0.5) is 0 Å². The van der Waals surface area contributed by atoms with Crippen LogP contribution in [0, 0.1) is 5.92 Å². The van der Waals surface area contributed by atoms with Crippen molar-refractivity contribution in [3.63, 3.8) is 0 Å². The topological polar surface area (TPSA) is 63.6 Å². The van der Waals surface area contributed by atoms with Gasteiger partial charge in [0.05, 0.1) is 18.9 Å². The summed E-state index contributed by atoms with van der Waals surface area (Å²) in [5.41, 5.74) is 0.